The fraction of sp³-hybridized carbons (Fsp3) is 0.632. The van der Waals surface area contributed by atoms with Crippen molar-refractivity contribution in [3.63, 3.8) is 0 Å². The van der Waals surface area contributed by atoms with Crippen molar-refractivity contribution in [2.75, 3.05) is 40.3 Å². The zero-order chi connectivity index (χ0) is 18.7. The number of benzene rings is 1. The van der Waals surface area contributed by atoms with E-state index < -0.39 is 0 Å². The maximum atomic E-state index is 5.91. The summed E-state index contributed by atoms with van der Waals surface area (Å²) in [4.78, 5) is 6.67. The van der Waals surface area contributed by atoms with Crippen LogP contribution < -0.4 is 20.1 Å². The summed E-state index contributed by atoms with van der Waals surface area (Å²) < 4.78 is 11.1. The number of likely N-dealkylation sites (N-methyl/N-ethyl adjacent to an activating group) is 1. The van der Waals surface area contributed by atoms with Gasteiger partial charge >= 0.3 is 0 Å². The molecular weight excluding hydrogens is 316 g/mol. The normalized spacial score (nSPS) is 13.0. The molecule has 0 bridgehead atoms. The van der Waals surface area contributed by atoms with Crippen LogP contribution in [0.5, 0.6) is 11.5 Å². The first-order valence-corrected chi connectivity index (χ1v) is 8.99. The van der Waals surface area contributed by atoms with Crippen LogP contribution in [0, 0.1) is 0 Å². The number of methoxy groups -OCH3 is 1. The smallest absolute Gasteiger partial charge is 0.191 e. The number of rotatable bonds is 10. The number of ether oxygens (including phenoxy) is 2. The molecule has 25 heavy (non-hydrogen) atoms. The Bertz CT molecular complexity index is 520. The summed E-state index contributed by atoms with van der Waals surface area (Å²) in [6.45, 7) is 12.2. The van der Waals surface area contributed by atoms with Crippen LogP contribution in [0.2, 0.25) is 0 Å². The summed E-state index contributed by atoms with van der Waals surface area (Å²) in [5.74, 6) is 2.38. The summed E-state index contributed by atoms with van der Waals surface area (Å²) in [6, 6.07) is 8.19. The van der Waals surface area contributed by atoms with E-state index in [-0.39, 0.29) is 6.10 Å². The highest BCUT2D eigenvalue weighted by Gasteiger charge is 2.08. The lowest BCUT2D eigenvalue weighted by Gasteiger charge is -2.25. The highest BCUT2D eigenvalue weighted by Crippen LogP contribution is 2.19. The lowest BCUT2D eigenvalue weighted by molar-refractivity contribution is 0.222. The van der Waals surface area contributed by atoms with Crippen LogP contribution in [-0.4, -0.2) is 63.3 Å². The van der Waals surface area contributed by atoms with Gasteiger partial charge in [0.25, 0.3) is 0 Å². The number of nitrogens with zero attached hydrogens (tertiary/aromatic N) is 2. The van der Waals surface area contributed by atoms with E-state index in [0.29, 0.717) is 12.6 Å². The Hall–Kier alpha value is -1.95. The van der Waals surface area contributed by atoms with Crippen LogP contribution >= 0.6 is 0 Å². The lowest BCUT2D eigenvalue weighted by atomic mass is 10.3. The lowest BCUT2D eigenvalue weighted by Crippen LogP contribution is -2.45. The summed E-state index contributed by atoms with van der Waals surface area (Å²) in [5, 5.41) is 6.65. The Labute approximate surface area is 152 Å². The Morgan fingerprint density at radius 1 is 1.20 bits per heavy atom. The number of aliphatic imine (C=N–C) groups is 1. The van der Waals surface area contributed by atoms with Crippen molar-refractivity contribution in [3.05, 3.63) is 24.3 Å². The van der Waals surface area contributed by atoms with Crippen molar-refractivity contribution in [3.8, 4) is 11.5 Å². The fourth-order valence-electron chi connectivity index (χ4n) is 2.51. The Morgan fingerprint density at radius 3 is 2.52 bits per heavy atom. The van der Waals surface area contributed by atoms with E-state index in [2.05, 4.69) is 41.3 Å². The molecule has 0 aliphatic rings. The van der Waals surface area contributed by atoms with Crippen LogP contribution in [-0.2, 0) is 0 Å². The molecule has 0 heterocycles. The molecule has 0 saturated carbocycles. The molecule has 1 atom stereocenters. The third-order valence-corrected chi connectivity index (χ3v) is 3.99. The fourth-order valence-corrected chi connectivity index (χ4v) is 2.51. The minimum Gasteiger partial charge on any atom is -0.497 e. The average molecular weight is 351 g/mol. The van der Waals surface area contributed by atoms with Crippen LogP contribution in [0.15, 0.2) is 29.3 Å². The van der Waals surface area contributed by atoms with Gasteiger partial charge in [-0.1, -0.05) is 13.0 Å². The van der Waals surface area contributed by atoms with Gasteiger partial charge < -0.3 is 20.1 Å². The van der Waals surface area contributed by atoms with E-state index in [1.54, 1.807) is 14.2 Å². The maximum absolute atomic E-state index is 5.91. The predicted molar refractivity (Wildman–Crippen MR) is 105 cm³/mol. The molecule has 0 fully saturated rings. The zero-order valence-electron chi connectivity index (χ0n) is 16.5. The topological polar surface area (TPSA) is 58.1 Å². The average Bonchev–Trinajstić information content (AvgIpc) is 2.61. The van der Waals surface area contributed by atoms with Crippen molar-refractivity contribution in [2.45, 2.75) is 39.8 Å². The maximum Gasteiger partial charge on any atom is 0.191 e. The third-order valence-electron chi connectivity index (χ3n) is 3.99. The monoisotopic (exact) mass is 350 g/mol. The number of nitrogens with one attached hydrogen (secondary N) is 2. The molecule has 0 aliphatic heterocycles. The molecule has 0 amide bonds. The molecule has 6 heteroatoms. The number of hydrogen-bond donors (Lipinski definition) is 2. The summed E-state index contributed by atoms with van der Waals surface area (Å²) in [6.07, 6.45) is 0.00783. The van der Waals surface area contributed by atoms with Gasteiger partial charge in [-0.15, -0.1) is 0 Å². The minimum absolute atomic E-state index is 0.00783. The summed E-state index contributed by atoms with van der Waals surface area (Å²) in [5.41, 5.74) is 0. The van der Waals surface area contributed by atoms with E-state index in [9.17, 15) is 0 Å². The first kappa shape index (κ1) is 21.1. The molecule has 0 aromatic heterocycles. The minimum atomic E-state index is 0.00783. The first-order chi connectivity index (χ1) is 12.0. The molecule has 1 aromatic rings. The number of hydrogen-bond acceptors (Lipinski definition) is 4. The Kier molecular flexibility index (Phi) is 9.77. The van der Waals surface area contributed by atoms with Crippen LogP contribution in [0.3, 0.4) is 0 Å². The molecule has 0 radical (unpaired) electrons. The van der Waals surface area contributed by atoms with Crippen LogP contribution in [0.1, 0.15) is 27.7 Å². The molecule has 0 spiro atoms. The van der Waals surface area contributed by atoms with Gasteiger partial charge in [0, 0.05) is 32.2 Å². The van der Waals surface area contributed by atoms with Gasteiger partial charge in [0.15, 0.2) is 5.96 Å². The standard InChI is InChI=1S/C19H34N4O2/c1-7-23(15(2)3)12-11-21-19(20-5)22-14-16(4)25-18-10-8-9-17(13-18)24-6/h8-10,13,15-16H,7,11-12,14H2,1-6H3,(H2,20,21,22). The third kappa shape index (κ3) is 8.12. The molecule has 142 valence electrons. The van der Waals surface area contributed by atoms with Crippen molar-refractivity contribution >= 4 is 5.96 Å². The zero-order valence-corrected chi connectivity index (χ0v) is 16.5. The van der Waals surface area contributed by atoms with Gasteiger partial charge in [-0.25, -0.2) is 0 Å². The van der Waals surface area contributed by atoms with E-state index in [1.807, 2.05) is 31.2 Å². The van der Waals surface area contributed by atoms with Crippen molar-refractivity contribution < 1.29 is 9.47 Å². The highest BCUT2D eigenvalue weighted by molar-refractivity contribution is 5.79. The van der Waals surface area contributed by atoms with E-state index in [4.69, 9.17) is 9.47 Å². The SMILES string of the molecule is CCN(CCNC(=NC)NCC(C)Oc1cccc(OC)c1)C(C)C. The summed E-state index contributed by atoms with van der Waals surface area (Å²) in [7, 11) is 3.43. The second-order valence-electron chi connectivity index (χ2n) is 6.21. The first-order valence-electron chi connectivity index (χ1n) is 8.99. The molecule has 1 aromatic carbocycles. The Morgan fingerprint density at radius 2 is 1.92 bits per heavy atom. The van der Waals surface area contributed by atoms with Crippen molar-refractivity contribution in [1.82, 2.24) is 15.5 Å². The largest absolute Gasteiger partial charge is 0.497 e. The van der Waals surface area contributed by atoms with Crippen molar-refractivity contribution in [1.29, 1.82) is 0 Å². The van der Waals surface area contributed by atoms with E-state index in [0.717, 1.165) is 37.1 Å². The van der Waals surface area contributed by atoms with E-state index >= 15 is 0 Å². The van der Waals surface area contributed by atoms with Gasteiger partial charge in [0.05, 0.1) is 13.7 Å². The molecule has 1 rings (SSSR count). The van der Waals surface area contributed by atoms with Gasteiger partial charge in [-0.2, -0.15) is 0 Å². The van der Waals surface area contributed by atoms with E-state index in [1.165, 1.54) is 0 Å². The molecule has 6 nitrogen and oxygen atoms in total. The van der Waals surface area contributed by atoms with Gasteiger partial charge in [-0.05, 0) is 39.4 Å². The molecule has 2 N–H and O–H groups in total. The second-order valence-corrected chi connectivity index (χ2v) is 6.21. The summed E-state index contributed by atoms with van der Waals surface area (Å²) >= 11 is 0. The Balaban J connectivity index is 2.35. The molecule has 0 saturated heterocycles. The molecule has 1 unspecified atom stereocenters. The number of guanidine groups is 1. The predicted octanol–water partition coefficient (Wildman–Crippen LogP) is 2.36. The molecule has 0 aliphatic carbocycles. The van der Waals surface area contributed by atoms with Gasteiger partial charge in [-0.3, -0.25) is 9.89 Å². The highest BCUT2D eigenvalue weighted by atomic mass is 16.5. The van der Waals surface area contributed by atoms with Crippen molar-refractivity contribution in [2.24, 2.45) is 4.99 Å². The quantitative estimate of drug-likeness (QED) is 0.501. The van der Waals surface area contributed by atoms with Crippen LogP contribution in [0.25, 0.3) is 0 Å². The van der Waals surface area contributed by atoms with Crippen LogP contribution in [0.4, 0.5) is 0 Å². The van der Waals surface area contributed by atoms with Gasteiger partial charge in [0.1, 0.15) is 17.6 Å². The second kappa shape index (κ2) is 11.6. The molecular formula is C19H34N4O2. The van der Waals surface area contributed by atoms with Gasteiger partial charge in [0.2, 0.25) is 0 Å².